The summed E-state index contributed by atoms with van der Waals surface area (Å²) < 4.78 is 18.2. The van der Waals surface area contributed by atoms with Gasteiger partial charge in [-0.3, -0.25) is 0 Å². The number of halogens is 1. The van der Waals surface area contributed by atoms with Crippen molar-refractivity contribution in [1.82, 2.24) is 10.6 Å². The average Bonchev–Trinajstić information content (AvgIpc) is 2.60. The molecule has 0 bridgehead atoms. The predicted octanol–water partition coefficient (Wildman–Crippen LogP) is 3.83. The molecule has 128 valence electrons. The van der Waals surface area contributed by atoms with Crippen molar-refractivity contribution >= 4 is 6.03 Å². The molecule has 24 heavy (non-hydrogen) atoms. The summed E-state index contributed by atoms with van der Waals surface area (Å²) in [6.45, 7) is 2.47. The van der Waals surface area contributed by atoms with Gasteiger partial charge in [0.1, 0.15) is 11.6 Å². The maximum absolute atomic E-state index is 13.1. The van der Waals surface area contributed by atoms with Gasteiger partial charge in [-0.2, -0.15) is 0 Å². The Hall–Kier alpha value is -2.56. The maximum Gasteiger partial charge on any atom is 0.315 e. The summed E-state index contributed by atoms with van der Waals surface area (Å²) >= 11 is 0. The smallest absolute Gasteiger partial charge is 0.315 e. The van der Waals surface area contributed by atoms with Gasteiger partial charge in [0, 0.05) is 6.54 Å². The molecule has 2 N–H and O–H groups in total. The third-order valence-electron chi connectivity index (χ3n) is 3.82. The molecule has 4 nitrogen and oxygen atoms in total. The molecule has 2 amide bonds. The van der Waals surface area contributed by atoms with Gasteiger partial charge in [0.15, 0.2) is 0 Å². The van der Waals surface area contributed by atoms with Crippen molar-refractivity contribution in [1.29, 1.82) is 0 Å². The van der Waals surface area contributed by atoms with Crippen molar-refractivity contribution in [3.05, 3.63) is 65.5 Å². The van der Waals surface area contributed by atoms with E-state index < -0.39 is 0 Å². The van der Waals surface area contributed by atoms with Crippen LogP contribution in [0.4, 0.5) is 9.18 Å². The molecule has 5 heteroatoms. The fraction of sp³-hybridized carbons (Fsp3) is 0.316. The van der Waals surface area contributed by atoms with Crippen molar-refractivity contribution in [2.24, 2.45) is 0 Å². The lowest BCUT2D eigenvalue weighted by Gasteiger charge is -2.18. The van der Waals surface area contributed by atoms with Gasteiger partial charge in [-0.1, -0.05) is 31.2 Å². The first-order valence-corrected chi connectivity index (χ1v) is 8.05. The lowest BCUT2D eigenvalue weighted by atomic mass is 10.0. The number of methoxy groups -OCH3 is 1. The highest BCUT2D eigenvalue weighted by molar-refractivity contribution is 5.74. The van der Waals surface area contributed by atoms with Crippen LogP contribution in [-0.2, 0) is 6.42 Å². The lowest BCUT2D eigenvalue weighted by molar-refractivity contribution is 0.237. The van der Waals surface area contributed by atoms with Crippen molar-refractivity contribution in [2.75, 3.05) is 13.7 Å². The molecule has 1 atom stereocenters. The molecule has 2 aromatic carbocycles. The van der Waals surface area contributed by atoms with E-state index in [0.717, 1.165) is 23.3 Å². The number of benzene rings is 2. The molecule has 0 radical (unpaired) electrons. The SMILES string of the molecule is CCC(NC(=O)NCCc1cccc(F)c1)c1ccc(OC)cc1. The van der Waals surface area contributed by atoms with Gasteiger partial charge in [0.05, 0.1) is 13.2 Å². The Morgan fingerprint density at radius 3 is 2.58 bits per heavy atom. The summed E-state index contributed by atoms with van der Waals surface area (Å²) in [7, 11) is 1.62. The molecule has 0 aliphatic rings. The van der Waals surface area contributed by atoms with Crippen LogP contribution in [0.25, 0.3) is 0 Å². The third-order valence-corrected chi connectivity index (χ3v) is 3.82. The number of hydrogen-bond acceptors (Lipinski definition) is 2. The van der Waals surface area contributed by atoms with Crippen LogP contribution in [0.1, 0.15) is 30.5 Å². The van der Waals surface area contributed by atoms with Crippen LogP contribution >= 0.6 is 0 Å². The Labute approximate surface area is 142 Å². The van der Waals surface area contributed by atoms with E-state index in [1.165, 1.54) is 12.1 Å². The van der Waals surface area contributed by atoms with Gasteiger partial charge >= 0.3 is 6.03 Å². The van der Waals surface area contributed by atoms with Crippen LogP contribution in [-0.4, -0.2) is 19.7 Å². The number of amides is 2. The van der Waals surface area contributed by atoms with E-state index in [1.54, 1.807) is 13.2 Å². The molecule has 0 aliphatic carbocycles. The monoisotopic (exact) mass is 330 g/mol. The topological polar surface area (TPSA) is 50.4 Å². The Bertz CT molecular complexity index is 659. The highest BCUT2D eigenvalue weighted by atomic mass is 19.1. The van der Waals surface area contributed by atoms with Crippen molar-refractivity contribution in [3.63, 3.8) is 0 Å². The first kappa shape index (κ1) is 17.8. The Kier molecular flexibility index (Phi) is 6.61. The predicted molar refractivity (Wildman–Crippen MR) is 92.7 cm³/mol. The van der Waals surface area contributed by atoms with Crippen LogP contribution in [0.2, 0.25) is 0 Å². The first-order chi connectivity index (χ1) is 11.6. The number of urea groups is 1. The Morgan fingerprint density at radius 2 is 1.96 bits per heavy atom. The standard InChI is InChI=1S/C19H23FN2O2/c1-3-18(15-7-9-17(24-2)10-8-15)22-19(23)21-12-11-14-5-4-6-16(20)13-14/h4-10,13,18H,3,11-12H2,1-2H3,(H2,21,22,23). The number of rotatable bonds is 7. The van der Waals surface area contributed by atoms with E-state index in [9.17, 15) is 9.18 Å². The van der Waals surface area contributed by atoms with Crippen molar-refractivity contribution in [3.8, 4) is 5.75 Å². The second-order valence-corrected chi connectivity index (χ2v) is 5.51. The first-order valence-electron chi connectivity index (χ1n) is 8.05. The number of ether oxygens (including phenoxy) is 1. The lowest BCUT2D eigenvalue weighted by Crippen LogP contribution is -2.38. The zero-order valence-corrected chi connectivity index (χ0v) is 14.0. The van der Waals surface area contributed by atoms with Crippen LogP contribution in [0.3, 0.4) is 0 Å². The van der Waals surface area contributed by atoms with Gasteiger partial charge in [0.25, 0.3) is 0 Å². The number of carbonyl (C=O) groups excluding carboxylic acids is 1. The molecule has 0 aromatic heterocycles. The molecule has 2 aromatic rings. The molecule has 0 spiro atoms. The third kappa shape index (κ3) is 5.26. The summed E-state index contributed by atoms with van der Waals surface area (Å²) in [5.74, 6) is 0.524. The highest BCUT2D eigenvalue weighted by Crippen LogP contribution is 2.19. The summed E-state index contributed by atoms with van der Waals surface area (Å²) in [5, 5.41) is 5.76. The highest BCUT2D eigenvalue weighted by Gasteiger charge is 2.12. The van der Waals surface area contributed by atoms with Gasteiger partial charge in [-0.25, -0.2) is 9.18 Å². The molecular weight excluding hydrogens is 307 g/mol. The molecule has 0 saturated heterocycles. The molecule has 0 aliphatic heterocycles. The van der Waals surface area contributed by atoms with E-state index in [0.29, 0.717) is 13.0 Å². The Balaban J connectivity index is 1.82. The maximum atomic E-state index is 13.1. The zero-order valence-electron chi connectivity index (χ0n) is 14.0. The molecule has 0 saturated carbocycles. The zero-order chi connectivity index (χ0) is 17.4. The van der Waals surface area contributed by atoms with Crippen molar-refractivity contribution in [2.45, 2.75) is 25.8 Å². The number of hydrogen-bond donors (Lipinski definition) is 2. The van der Waals surface area contributed by atoms with Crippen LogP contribution in [0.5, 0.6) is 5.75 Å². The fourth-order valence-corrected chi connectivity index (χ4v) is 2.48. The minimum absolute atomic E-state index is 0.0647. The summed E-state index contributed by atoms with van der Waals surface area (Å²) in [4.78, 5) is 12.0. The fourth-order valence-electron chi connectivity index (χ4n) is 2.48. The van der Waals surface area contributed by atoms with Gasteiger partial charge in [0.2, 0.25) is 0 Å². The largest absolute Gasteiger partial charge is 0.497 e. The van der Waals surface area contributed by atoms with Gasteiger partial charge in [-0.05, 0) is 48.2 Å². The van der Waals surface area contributed by atoms with Gasteiger partial charge < -0.3 is 15.4 Å². The van der Waals surface area contributed by atoms with E-state index in [4.69, 9.17) is 4.74 Å². The number of carbonyl (C=O) groups is 1. The summed E-state index contributed by atoms with van der Waals surface area (Å²) in [6.07, 6.45) is 1.37. The quantitative estimate of drug-likeness (QED) is 0.811. The molecule has 0 fully saturated rings. The van der Waals surface area contributed by atoms with Crippen LogP contribution in [0.15, 0.2) is 48.5 Å². The van der Waals surface area contributed by atoms with E-state index in [-0.39, 0.29) is 17.9 Å². The minimum atomic E-state index is -0.262. The van der Waals surface area contributed by atoms with Gasteiger partial charge in [-0.15, -0.1) is 0 Å². The van der Waals surface area contributed by atoms with Crippen molar-refractivity contribution < 1.29 is 13.9 Å². The molecule has 2 rings (SSSR count). The summed E-state index contributed by atoms with van der Waals surface area (Å²) in [5.41, 5.74) is 1.89. The normalized spacial score (nSPS) is 11.6. The van der Waals surface area contributed by atoms with E-state index in [2.05, 4.69) is 10.6 Å². The van der Waals surface area contributed by atoms with Crippen LogP contribution in [0, 0.1) is 5.82 Å². The molecule has 1 unspecified atom stereocenters. The number of nitrogens with one attached hydrogen (secondary N) is 2. The molecular formula is C19H23FN2O2. The Morgan fingerprint density at radius 1 is 1.21 bits per heavy atom. The van der Waals surface area contributed by atoms with Crippen LogP contribution < -0.4 is 15.4 Å². The average molecular weight is 330 g/mol. The van der Waals surface area contributed by atoms with E-state index in [1.807, 2.05) is 37.3 Å². The second-order valence-electron chi connectivity index (χ2n) is 5.51. The van der Waals surface area contributed by atoms with E-state index >= 15 is 0 Å². The molecule has 0 heterocycles. The summed E-state index contributed by atoms with van der Waals surface area (Å²) in [6, 6.07) is 13.7. The second kappa shape index (κ2) is 8.91. The minimum Gasteiger partial charge on any atom is -0.497 e.